The second-order valence-corrected chi connectivity index (χ2v) is 6.74. The van der Waals surface area contributed by atoms with Crippen molar-refractivity contribution in [1.82, 2.24) is 5.32 Å². The van der Waals surface area contributed by atoms with Crippen LogP contribution in [0, 0.1) is 5.82 Å². The average molecular weight is 280 g/mol. The molecule has 1 saturated heterocycles. The summed E-state index contributed by atoms with van der Waals surface area (Å²) in [7, 11) is 0. The van der Waals surface area contributed by atoms with Crippen molar-refractivity contribution in [2.75, 3.05) is 23.0 Å². The predicted molar refractivity (Wildman–Crippen MR) is 80.4 cm³/mol. The Hall–Kier alpha value is -0.740. The SMILES string of the molecule is CC1CSCCN1c1cc(F)cc(CNC2CC2)c1. The number of rotatable bonds is 4. The Labute approximate surface area is 118 Å². The van der Waals surface area contributed by atoms with Crippen molar-refractivity contribution in [3.05, 3.63) is 29.6 Å². The highest BCUT2D eigenvalue weighted by molar-refractivity contribution is 7.99. The Morgan fingerprint density at radius 3 is 2.95 bits per heavy atom. The molecular weight excluding hydrogens is 259 g/mol. The van der Waals surface area contributed by atoms with Crippen molar-refractivity contribution >= 4 is 17.4 Å². The average Bonchev–Trinajstić information content (AvgIpc) is 3.20. The Kier molecular flexibility index (Phi) is 3.99. The molecule has 0 spiro atoms. The van der Waals surface area contributed by atoms with Gasteiger partial charge in [0.05, 0.1) is 0 Å². The van der Waals surface area contributed by atoms with Crippen molar-refractivity contribution in [1.29, 1.82) is 0 Å². The summed E-state index contributed by atoms with van der Waals surface area (Å²) in [5.41, 5.74) is 2.10. The fourth-order valence-electron chi connectivity index (χ4n) is 2.56. The van der Waals surface area contributed by atoms with E-state index in [2.05, 4.69) is 23.2 Å². The zero-order valence-electron chi connectivity index (χ0n) is 11.4. The summed E-state index contributed by atoms with van der Waals surface area (Å²) in [6.07, 6.45) is 2.53. The molecule has 1 unspecified atom stereocenters. The number of benzene rings is 1. The zero-order chi connectivity index (χ0) is 13.2. The predicted octanol–water partition coefficient (Wildman–Crippen LogP) is 3.02. The number of thioether (sulfide) groups is 1. The second kappa shape index (κ2) is 5.71. The molecule has 2 fully saturated rings. The summed E-state index contributed by atoms with van der Waals surface area (Å²) in [6.45, 7) is 4.02. The number of halogens is 1. The lowest BCUT2D eigenvalue weighted by atomic mass is 10.1. The summed E-state index contributed by atoms with van der Waals surface area (Å²) >= 11 is 1.98. The standard InChI is InChI=1S/C15H21FN2S/c1-11-10-19-5-4-18(11)15-7-12(6-13(16)8-15)9-17-14-2-3-14/h6-8,11,14,17H,2-5,9-10H2,1H3. The highest BCUT2D eigenvalue weighted by atomic mass is 32.2. The number of nitrogens with zero attached hydrogens (tertiary/aromatic N) is 1. The quantitative estimate of drug-likeness (QED) is 0.912. The molecule has 4 heteroatoms. The van der Waals surface area contributed by atoms with Crippen molar-refractivity contribution in [3.63, 3.8) is 0 Å². The van der Waals surface area contributed by atoms with Crippen LogP contribution in [0.15, 0.2) is 18.2 Å². The van der Waals surface area contributed by atoms with Gasteiger partial charge in [-0.1, -0.05) is 0 Å². The van der Waals surface area contributed by atoms with E-state index in [0.717, 1.165) is 35.8 Å². The van der Waals surface area contributed by atoms with Crippen molar-refractivity contribution in [2.45, 2.75) is 38.4 Å². The molecule has 1 heterocycles. The van der Waals surface area contributed by atoms with Gasteiger partial charge in [0.15, 0.2) is 0 Å². The van der Waals surface area contributed by atoms with Gasteiger partial charge in [0.2, 0.25) is 0 Å². The Bertz CT molecular complexity index is 448. The van der Waals surface area contributed by atoms with Crippen molar-refractivity contribution in [2.24, 2.45) is 0 Å². The van der Waals surface area contributed by atoms with Crippen LogP contribution >= 0.6 is 11.8 Å². The van der Waals surface area contributed by atoms with E-state index in [1.165, 1.54) is 12.8 Å². The third-order valence-electron chi connectivity index (χ3n) is 3.81. The van der Waals surface area contributed by atoms with E-state index in [1.807, 2.05) is 11.8 Å². The molecule has 0 aromatic heterocycles. The van der Waals surface area contributed by atoms with Crippen LogP contribution < -0.4 is 10.2 Å². The minimum Gasteiger partial charge on any atom is -0.367 e. The lowest BCUT2D eigenvalue weighted by Gasteiger charge is -2.35. The van der Waals surface area contributed by atoms with Gasteiger partial charge in [-0.25, -0.2) is 4.39 Å². The first kappa shape index (κ1) is 13.3. The molecule has 1 N–H and O–H groups in total. The molecule has 0 radical (unpaired) electrons. The molecule has 1 aromatic carbocycles. The molecule has 1 aliphatic carbocycles. The summed E-state index contributed by atoms with van der Waals surface area (Å²) < 4.78 is 13.8. The maximum atomic E-state index is 13.8. The first-order chi connectivity index (χ1) is 9.22. The van der Waals surface area contributed by atoms with Gasteiger partial charge in [0.25, 0.3) is 0 Å². The van der Waals surface area contributed by atoms with E-state index < -0.39 is 0 Å². The van der Waals surface area contributed by atoms with Crippen LogP contribution in [0.2, 0.25) is 0 Å². The normalized spacial score (nSPS) is 23.7. The molecule has 0 amide bonds. The van der Waals surface area contributed by atoms with Gasteiger partial charge >= 0.3 is 0 Å². The molecule has 19 heavy (non-hydrogen) atoms. The van der Waals surface area contributed by atoms with Crippen LogP contribution in [-0.4, -0.2) is 30.1 Å². The first-order valence-electron chi connectivity index (χ1n) is 7.09. The first-order valence-corrected chi connectivity index (χ1v) is 8.25. The van der Waals surface area contributed by atoms with Gasteiger partial charge in [-0.05, 0) is 43.5 Å². The van der Waals surface area contributed by atoms with Crippen LogP contribution in [0.1, 0.15) is 25.3 Å². The summed E-state index contributed by atoms with van der Waals surface area (Å²) in [5.74, 6) is 2.15. The maximum Gasteiger partial charge on any atom is 0.125 e. The van der Waals surface area contributed by atoms with E-state index in [9.17, 15) is 4.39 Å². The fourth-order valence-corrected chi connectivity index (χ4v) is 3.58. The smallest absolute Gasteiger partial charge is 0.125 e. The summed E-state index contributed by atoms with van der Waals surface area (Å²) in [4.78, 5) is 2.33. The van der Waals surface area contributed by atoms with Gasteiger partial charge in [-0.3, -0.25) is 0 Å². The highest BCUT2D eigenvalue weighted by Crippen LogP contribution is 2.26. The number of hydrogen-bond donors (Lipinski definition) is 1. The summed E-state index contributed by atoms with van der Waals surface area (Å²) in [6, 6.07) is 6.63. The molecule has 3 rings (SSSR count). The van der Waals surface area contributed by atoms with Crippen LogP contribution in [0.25, 0.3) is 0 Å². The van der Waals surface area contributed by atoms with Gasteiger partial charge in [-0.15, -0.1) is 0 Å². The molecule has 1 saturated carbocycles. The largest absolute Gasteiger partial charge is 0.367 e. The minimum atomic E-state index is -0.115. The van der Waals surface area contributed by atoms with Gasteiger partial charge in [0.1, 0.15) is 5.82 Å². The number of nitrogens with one attached hydrogen (secondary N) is 1. The summed E-state index contributed by atoms with van der Waals surface area (Å²) in [5, 5.41) is 3.45. The van der Waals surface area contributed by atoms with Crippen LogP contribution in [0.3, 0.4) is 0 Å². The Balaban J connectivity index is 1.75. The van der Waals surface area contributed by atoms with E-state index >= 15 is 0 Å². The third kappa shape index (κ3) is 3.42. The monoisotopic (exact) mass is 280 g/mol. The second-order valence-electron chi connectivity index (χ2n) is 5.59. The van der Waals surface area contributed by atoms with Crippen LogP contribution in [0.5, 0.6) is 0 Å². The van der Waals surface area contributed by atoms with E-state index in [4.69, 9.17) is 0 Å². The Morgan fingerprint density at radius 1 is 1.37 bits per heavy atom. The minimum absolute atomic E-state index is 0.115. The van der Waals surface area contributed by atoms with E-state index in [-0.39, 0.29) is 5.82 Å². The molecule has 1 aromatic rings. The van der Waals surface area contributed by atoms with Crippen LogP contribution in [-0.2, 0) is 6.54 Å². The van der Waals surface area contributed by atoms with Gasteiger partial charge in [-0.2, -0.15) is 11.8 Å². The molecule has 0 bridgehead atoms. The van der Waals surface area contributed by atoms with E-state index in [0.29, 0.717) is 12.1 Å². The third-order valence-corrected chi connectivity index (χ3v) is 5.00. The highest BCUT2D eigenvalue weighted by Gasteiger charge is 2.22. The lowest BCUT2D eigenvalue weighted by molar-refractivity contribution is 0.615. The van der Waals surface area contributed by atoms with Crippen molar-refractivity contribution in [3.8, 4) is 0 Å². The number of hydrogen-bond acceptors (Lipinski definition) is 3. The van der Waals surface area contributed by atoms with Gasteiger partial charge < -0.3 is 10.2 Å². The molecule has 1 atom stereocenters. The fraction of sp³-hybridized carbons (Fsp3) is 0.600. The zero-order valence-corrected chi connectivity index (χ0v) is 12.2. The lowest BCUT2D eigenvalue weighted by Crippen LogP contribution is -2.40. The molecule has 104 valence electrons. The molecule has 2 nitrogen and oxygen atoms in total. The van der Waals surface area contributed by atoms with Crippen LogP contribution in [0.4, 0.5) is 10.1 Å². The molecule has 2 aliphatic rings. The number of anilines is 1. The maximum absolute atomic E-state index is 13.8. The Morgan fingerprint density at radius 2 is 2.21 bits per heavy atom. The molecule has 1 aliphatic heterocycles. The topological polar surface area (TPSA) is 15.3 Å². The van der Waals surface area contributed by atoms with Crippen molar-refractivity contribution < 1.29 is 4.39 Å². The molecular formula is C15H21FN2S. The van der Waals surface area contributed by atoms with Gasteiger partial charge in [0, 0.05) is 42.4 Å². The van der Waals surface area contributed by atoms with E-state index in [1.54, 1.807) is 12.1 Å².